The van der Waals surface area contributed by atoms with Gasteiger partial charge < -0.3 is 5.73 Å². The molecule has 0 saturated carbocycles. The van der Waals surface area contributed by atoms with Crippen LogP contribution in [-0.2, 0) is 6.54 Å². The highest BCUT2D eigenvalue weighted by Crippen LogP contribution is 2.26. The molecule has 0 radical (unpaired) electrons. The van der Waals surface area contributed by atoms with Crippen LogP contribution in [0.1, 0.15) is 5.56 Å². The van der Waals surface area contributed by atoms with Crippen LogP contribution in [0.25, 0.3) is 28.3 Å². The first kappa shape index (κ1) is 19.4. The van der Waals surface area contributed by atoms with E-state index in [1.165, 1.54) is 17.2 Å². The Bertz CT molecular complexity index is 1240. The number of aromatic nitrogens is 7. The maximum absolute atomic E-state index is 12.8. The van der Waals surface area contributed by atoms with Crippen molar-refractivity contribution in [1.29, 1.82) is 0 Å². The van der Waals surface area contributed by atoms with Crippen molar-refractivity contribution in [1.82, 2.24) is 34.5 Å². The lowest BCUT2D eigenvalue weighted by molar-refractivity contribution is 0.612. The van der Waals surface area contributed by atoms with E-state index in [4.69, 9.17) is 5.73 Å². The molecule has 3 heterocycles. The minimum atomic E-state index is -0.418. The number of aryl methyl sites for hydroxylation is 1. The van der Waals surface area contributed by atoms with Crippen LogP contribution in [0, 0.1) is 6.92 Å². The number of rotatable bonds is 6. The lowest BCUT2D eigenvalue weighted by atomic mass is 10.0. The number of halogens is 1. The molecule has 0 fully saturated rings. The number of aromatic amines is 1. The van der Waals surface area contributed by atoms with E-state index in [2.05, 4.69) is 25.3 Å². The van der Waals surface area contributed by atoms with Gasteiger partial charge in [0.15, 0.2) is 5.82 Å². The fraction of sp³-hybridized carbons (Fsp3) is 0.150. The van der Waals surface area contributed by atoms with Gasteiger partial charge >= 0.3 is 5.69 Å². The summed E-state index contributed by atoms with van der Waals surface area (Å²) in [5.41, 5.74) is 9.10. The summed E-state index contributed by atoms with van der Waals surface area (Å²) in [4.78, 5) is 21.1. The van der Waals surface area contributed by atoms with E-state index in [1.54, 1.807) is 6.20 Å². The third kappa shape index (κ3) is 3.67. The third-order valence-corrected chi connectivity index (χ3v) is 4.73. The number of nitrogens with zero attached hydrogens (tertiary/aromatic N) is 6. The zero-order valence-electron chi connectivity index (χ0n) is 16.2. The van der Waals surface area contributed by atoms with E-state index >= 15 is 0 Å². The molecule has 0 amide bonds. The van der Waals surface area contributed by atoms with Crippen molar-refractivity contribution in [3.8, 4) is 28.3 Å². The van der Waals surface area contributed by atoms with Crippen molar-refractivity contribution in [3.63, 3.8) is 0 Å². The van der Waals surface area contributed by atoms with Gasteiger partial charge in [0, 0.05) is 23.9 Å². The number of nitrogens with one attached hydrogen (secondary N) is 1. The summed E-state index contributed by atoms with van der Waals surface area (Å²) in [5.74, 6) is 1.13. The molecule has 0 atom stereocenters. The van der Waals surface area contributed by atoms with Crippen molar-refractivity contribution in [2.24, 2.45) is 5.73 Å². The van der Waals surface area contributed by atoms with E-state index < -0.39 is 5.69 Å². The first-order valence-corrected chi connectivity index (χ1v) is 9.16. The Morgan fingerprint density at radius 2 is 2.00 bits per heavy atom. The van der Waals surface area contributed by atoms with E-state index in [0.717, 1.165) is 26.9 Å². The zero-order chi connectivity index (χ0) is 21.1. The second kappa shape index (κ2) is 8.21. The topological polar surface area (TPSA) is 120 Å². The minimum Gasteiger partial charge on any atom is -0.327 e. The molecule has 4 aromatic rings. The van der Waals surface area contributed by atoms with Crippen LogP contribution in [0.15, 0.2) is 65.9 Å². The average Bonchev–Trinajstić information content (AvgIpc) is 3.42. The lowest BCUT2D eigenvalue weighted by Gasteiger charge is -2.09. The Morgan fingerprint density at radius 1 is 1.23 bits per heavy atom. The van der Waals surface area contributed by atoms with Gasteiger partial charge in [-0.2, -0.15) is 10.2 Å². The van der Waals surface area contributed by atoms with Crippen LogP contribution in [0.4, 0.5) is 4.39 Å². The Labute approximate surface area is 170 Å². The van der Waals surface area contributed by atoms with Gasteiger partial charge in [0.05, 0.1) is 12.9 Å². The quantitative estimate of drug-likeness (QED) is 0.505. The molecule has 4 rings (SSSR count). The summed E-state index contributed by atoms with van der Waals surface area (Å²) in [6, 6.07) is 9.66. The fourth-order valence-electron chi connectivity index (χ4n) is 3.07. The molecule has 9 nitrogen and oxygen atoms in total. The molecular weight excluding hydrogens is 387 g/mol. The van der Waals surface area contributed by atoms with E-state index in [0.29, 0.717) is 18.0 Å². The van der Waals surface area contributed by atoms with Crippen molar-refractivity contribution < 1.29 is 4.39 Å². The molecule has 3 N–H and O–H groups in total. The molecule has 0 aliphatic rings. The fourth-order valence-corrected chi connectivity index (χ4v) is 3.07. The number of benzene rings is 1. The molecule has 0 aliphatic heterocycles. The molecule has 0 bridgehead atoms. The first-order valence-electron chi connectivity index (χ1n) is 9.16. The van der Waals surface area contributed by atoms with Gasteiger partial charge in [0.2, 0.25) is 0 Å². The maximum Gasteiger partial charge on any atom is 0.351 e. The van der Waals surface area contributed by atoms with Gasteiger partial charge in [0.25, 0.3) is 0 Å². The van der Waals surface area contributed by atoms with E-state index in [9.17, 15) is 9.18 Å². The molecule has 3 aromatic heterocycles. The molecule has 0 spiro atoms. The summed E-state index contributed by atoms with van der Waals surface area (Å²) < 4.78 is 15.2. The van der Waals surface area contributed by atoms with Gasteiger partial charge in [0.1, 0.15) is 18.5 Å². The number of pyridine rings is 1. The lowest BCUT2D eigenvalue weighted by Crippen LogP contribution is -2.26. The largest absolute Gasteiger partial charge is 0.351 e. The second-order valence-corrected chi connectivity index (χ2v) is 6.68. The Kier molecular flexibility index (Phi) is 5.31. The van der Waals surface area contributed by atoms with Crippen LogP contribution in [0.2, 0.25) is 0 Å². The van der Waals surface area contributed by atoms with Crippen LogP contribution in [0.5, 0.6) is 0 Å². The number of H-pyrrole nitrogens is 1. The zero-order valence-corrected chi connectivity index (χ0v) is 16.2. The molecule has 152 valence electrons. The number of hydrogen-bond donors (Lipinski definition) is 2. The maximum atomic E-state index is 12.8. The van der Waals surface area contributed by atoms with E-state index in [-0.39, 0.29) is 18.7 Å². The molecule has 0 aliphatic carbocycles. The van der Waals surface area contributed by atoms with Gasteiger partial charge in [-0.1, -0.05) is 24.3 Å². The number of nitrogens with two attached hydrogens (primary N) is 1. The van der Waals surface area contributed by atoms with Crippen LogP contribution >= 0.6 is 0 Å². The predicted molar refractivity (Wildman–Crippen MR) is 109 cm³/mol. The standard InChI is InChI=1S/C20H19FN8O/c1-13-6-18(28-12-26-29(20(28)30)10-14(7-21)8-22)23-9-17(13)15-2-4-16(5-3-15)19-24-11-25-27-19/h2-7,9,11-12H,8,10,22H2,1H3,(H,24,25,27)/b14-7+. The summed E-state index contributed by atoms with van der Waals surface area (Å²) in [6.45, 7) is 1.95. The highest BCUT2D eigenvalue weighted by atomic mass is 19.1. The smallest absolute Gasteiger partial charge is 0.327 e. The normalized spacial score (nSPS) is 11.8. The predicted octanol–water partition coefficient (Wildman–Crippen LogP) is 2.00. The van der Waals surface area contributed by atoms with E-state index in [1.807, 2.05) is 37.3 Å². The third-order valence-electron chi connectivity index (χ3n) is 4.73. The molecule has 30 heavy (non-hydrogen) atoms. The molecule has 1 aromatic carbocycles. The van der Waals surface area contributed by atoms with Gasteiger partial charge in [-0.15, -0.1) is 0 Å². The van der Waals surface area contributed by atoms with Crippen molar-refractivity contribution in [2.75, 3.05) is 6.54 Å². The van der Waals surface area contributed by atoms with Gasteiger partial charge in [-0.25, -0.2) is 28.4 Å². The average molecular weight is 406 g/mol. The summed E-state index contributed by atoms with van der Waals surface area (Å²) >= 11 is 0. The molecule has 0 saturated heterocycles. The van der Waals surface area contributed by atoms with Crippen molar-refractivity contribution in [3.05, 3.63) is 77.1 Å². The molecule has 10 heteroatoms. The van der Waals surface area contributed by atoms with Gasteiger partial charge in [-0.05, 0) is 29.7 Å². The summed E-state index contributed by atoms with van der Waals surface area (Å²) in [5, 5.41) is 10.7. The first-order chi connectivity index (χ1) is 14.6. The van der Waals surface area contributed by atoms with Crippen LogP contribution in [0.3, 0.4) is 0 Å². The minimum absolute atomic E-state index is 0.00651. The Hall–Kier alpha value is -3.92. The SMILES string of the molecule is Cc1cc(-n2cnn(C/C(=C/F)CN)c2=O)ncc1-c1ccc(-c2ncn[nH]2)cc1. The number of hydrogen-bond acceptors (Lipinski definition) is 6. The van der Waals surface area contributed by atoms with Gasteiger partial charge in [-0.3, -0.25) is 5.10 Å². The molecular formula is C20H19FN8O. The van der Waals surface area contributed by atoms with Crippen LogP contribution in [-0.4, -0.2) is 41.1 Å². The highest BCUT2D eigenvalue weighted by molar-refractivity contribution is 5.70. The summed E-state index contributed by atoms with van der Waals surface area (Å²) in [6.07, 6.45) is 4.94. The molecule has 0 unspecified atom stereocenters. The summed E-state index contributed by atoms with van der Waals surface area (Å²) in [7, 11) is 0. The van der Waals surface area contributed by atoms with Crippen molar-refractivity contribution in [2.45, 2.75) is 13.5 Å². The Morgan fingerprint density at radius 3 is 2.63 bits per heavy atom. The monoisotopic (exact) mass is 406 g/mol. The highest BCUT2D eigenvalue weighted by Gasteiger charge is 2.12. The second-order valence-electron chi connectivity index (χ2n) is 6.68. The Balaban J connectivity index is 1.61. The van der Waals surface area contributed by atoms with Crippen LogP contribution < -0.4 is 11.4 Å². The van der Waals surface area contributed by atoms with Crippen molar-refractivity contribution >= 4 is 0 Å².